The Balaban J connectivity index is 3.00. The molecular weight excluding hydrogens is 238 g/mol. The molecule has 100 valence electrons. The third kappa shape index (κ3) is 2.85. The van der Waals surface area contributed by atoms with Gasteiger partial charge < -0.3 is 10.6 Å². The zero-order valence-corrected chi connectivity index (χ0v) is 10.8. The molecule has 0 spiro atoms. The van der Waals surface area contributed by atoms with Crippen LogP contribution in [0.15, 0.2) is 18.2 Å². The fourth-order valence-corrected chi connectivity index (χ4v) is 1.74. The fraction of sp³-hybridized carbons (Fsp3) is 0.462. The molecule has 0 aliphatic carbocycles. The zero-order valence-electron chi connectivity index (χ0n) is 10.8. The summed E-state index contributed by atoms with van der Waals surface area (Å²) in [4.78, 5) is 13.2. The Hall–Kier alpha value is -1.49. The molecule has 0 heterocycles. The molecule has 1 aromatic carbocycles. The Morgan fingerprint density at radius 3 is 2.28 bits per heavy atom. The van der Waals surface area contributed by atoms with Gasteiger partial charge in [-0.15, -0.1) is 0 Å². The van der Waals surface area contributed by atoms with Gasteiger partial charge in [0.15, 0.2) is 0 Å². The van der Waals surface area contributed by atoms with Gasteiger partial charge >= 0.3 is 0 Å². The van der Waals surface area contributed by atoms with Crippen LogP contribution in [-0.4, -0.2) is 24.4 Å². The number of hydrogen-bond acceptors (Lipinski definition) is 2. The summed E-state index contributed by atoms with van der Waals surface area (Å²) in [7, 11) is 1.52. The number of halogens is 2. The van der Waals surface area contributed by atoms with E-state index >= 15 is 0 Å². The quantitative estimate of drug-likeness (QED) is 0.896. The van der Waals surface area contributed by atoms with Gasteiger partial charge in [0, 0.05) is 25.1 Å². The molecule has 0 saturated carbocycles. The minimum absolute atomic E-state index is 0.0995. The van der Waals surface area contributed by atoms with Crippen molar-refractivity contribution in [1.82, 2.24) is 4.90 Å². The van der Waals surface area contributed by atoms with Crippen molar-refractivity contribution in [1.29, 1.82) is 0 Å². The van der Waals surface area contributed by atoms with Crippen LogP contribution in [0.5, 0.6) is 0 Å². The minimum atomic E-state index is -0.673. The number of carbonyl (C=O) groups excluding carboxylic acids is 1. The molecule has 1 amide bonds. The van der Waals surface area contributed by atoms with E-state index in [1.54, 1.807) is 13.8 Å². The van der Waals surface area contributed by atoms with Gasteiger partial charge in [0.25, 0.3) is 0 Å². The van der Waals surface area contributed by atoms with Crippen molar-refractivity contribution in [2.75, 3.05) is 13.6 Å². The summed E-state index contributed by atoms with van der Waals surface area (Å²) in [6, 6.07) is 2.98. The average molecular weight is 256 g/mol. The number of rotatable bonds is 4. The lowest BCUT2D eigenvalue weighted by atomic mass is 10.0. The second kappa shape index (κ2) is 5.91. The molecule has 1 rings (SSSR count). The summed E-state index contributed by atoms with van der Waals surface area (Å²) < 4.78 is 27.2. The van der Waals surface area contributed by atoms with Crippen LogP contribution in [0.3, 0.4) is 0 Å². The van der Waals surface area contributed by atoms with E-state index in [4.69, 9.17) is 5.73 Å². The fourth-order valence-electron chi connectivity index (χ4n) is 1.74. The lowest BCUT2D eigenvalue weighted by molar-refractivity contribution is -0.135. The number of carbonyl (C=O) groups is 1. The Bertz CT molecular complexity index is 417. The van der Waals surface area contributed by atoms with E-state index < -0.39 is 17.7 Å². The highest BCUT2D eigenvalue weighted by molar-refractivity contribution is 5.78. The number of hydrogen-bond donors (Lipinski definition) is 1. The summed E-state index contributed by atoms with van der Waals surface area (Å²) in [6.07, 6.45) is 0. The van der Waals surface area contributed by atoms with E-state index in [9.17, 15) is 13.6 Å². The summed E-state index contributed by atoms with van der Waals surface area (Å²) in [5.74, 6) is -1.90. The highest BCUT2D eigenvalue weighted by Crippen LogP contribution is 2.25. The van der Waals surface area contributed by atoms with Crippen LogP contribution in [0.25, 0.3) is 0 Å². The van der Waals surface area contributed by atoms with Gasteiger partial charge in [0.05, 0.1) is 6.04 Å². The molecule has 0 bridgehead atoms. The molecule has 18 heavy (non-hydrogen) atoms. The van der Waals surface area contributed by atoms with Gasteiger partial charge in [0.2, 0.25) is 5.91 Å². The Labute approximate surface area is 106 Å². The van der Waals surface area contributed by atoms with Gasteiger partial charge in [0.1, 0.15) is 11.6 Å². The van der Waals surface area contributed by atoms with E-state index in [0.29, 0.717) is 0 Å². The second-order valence-corrected chi connectivity index (χ2v) is 4.40. The smallest absolute Gasteiger partial charge is 0.226 e. The number of nitrogens with two attached hydrogens (primary N) is 1. The molecule has 0 fully saturated rings. The first-order valence-corrected chi connectivity index (χ1v) is 5.80. The van der Waals surface area contributed by atoms with Crippen LogP contribution < -0.4 is 5.73 Å². The van der Waals surface area contributed by atoms with Crippen LogP contribution in [-0.2, 0) is 4.79 Å². The number of nitrogens with zero attached hydrogens (tertiary/aromatic N) is 1. The zero-order chi connectivity index (χ0) is 13.9. The number of benzene rings is 1. The molecule has 3 nitrogen and oxygen atoms in total. The maximum atomic E-state index is 13.6. The molecular formula is C13H18F2N2O. The van der Waals surface area contributed by atoms with Gasteiger partial charge in [-0.05, 0) is 19.1 Å². The Morgan fingerprint density at radius 2 is 1.83 bits per heavy atom. The first-order valence-electron chi connectivity index (χ1n) is 5.80. The maximum Gasteiger partial charge on any atom is 0.226 e. The Morgan fingerprint density at radius 1 is 1.33 bits per heavy atom. The summed E-state index contributed by atoms with van der Waals surface area (Å²) in [5, 5.41) is 0. The van der Waals surface area contributed by atoms with E-state index in [2.05, 4.69) is 0 Å². The van der Waals surface area contributed by atoms with E-state index in [1.165, 1.54) is 30.1 Å². The van der Waals surface area contributed by atoms with Gasteiger partial charge in [-0.3, -0.25) is 4.79 Å². The van der Waals surface area contributed by atoms with Crippen molar-refractivity contribution in [2.45, 2.75) is 19.9 Å². The lowest BCUT2D eigenvalue weighted by Crippen LogP contribution is -2.37. The molecule has 0 aromatic heterocycles. The van der Waals surface area contributed by atoms with Crippen LogP contribution in [0.4, 0.5) is 8.78 Å². The Kier molecular flexibility index (Phi) is 4.78. The summed E-state index contributed by atoms with van der Waals surface area (Å²) in [5.41, 5.74) is 5.31. The molecule has 0 radical (unpaired) electrons. The largest absolute Gasteiger partial charge is 0.339 e. The van der Waals surface area contributed by atoms with E-state index in [-0.39, 0.29) is 23.9 Å². The van der Waals surface area contributed by atoms with Gasteiger partial charge in [-0.2, -0.15) is 0 Å². The highest BCUT2D eigenvalue weighted by Gasteiger charge is 2.25. The van der Waals surface area contributed by atoms with Crippen molar-refractivity contribution >= 4 is 5.91 Å². The highest BCUT2D eigenvalue weighted by atomic mass is 19.1. The third-order valence-electron chi connectivity index (χ3n) is 3.12. The van der Waals surface area contributed by atoms with Crippen molar-refractivity contribution in [3.05, 3.63) is 35.4 Å². The maximum absolute atomic E-state index is 13.6. The molecule has 2 atom stereocenters. The molecule has 2 N–H and O–H groups in total. The lowest BCUT2D eigenvalue weighted by Gasteiger charge is -2.28. The average Bonchev–Trinajstić information content (AvgIpc) is 2.35. The molecule has 0 saturated heterocycles. The predicted molar refractivity (Wildman–Crippen MR) is 65.8 cm³/mol. The second-order valence-electron chi connectivity index (χ2n) is 4.40. The molecule has 0 aliphatic rings. The third-order valence-corrected chi connectivity index (χ3v) is 3.12. The summed E-state index contributed by atoms with van der Waals surface area (Å²) in [6.45, 7) is 3.47. The van der Waals surface area contributed by atoms with Gasteiger partial charge in [-0.25, -0.2) is 8.78 Å². The predicted octanol–water partition coefficient (Wildman–Crippen LogP) is 2.08. The SMILES string of the molecule is CC(CN)C(=O)N(C)C(C)c1c(F)cccc1F. The molecule has 2 unspecified atom stereocenters. The topological polar surface area (TPSA) is 46.3 Å². The van der Waals surface area contributed by atoms with Gasteiger partial charge in [-0.1, -0.05) is 13.0 Å². The molecule has 1 aromatic rings. The first kappa shape index (κ1) is 14.6. The van der Waals surface area contributed by atoms with E-state index in [0.717, 1.165) is 0 Å². The normalized spacial score (nSPS) is 14.1. The van der Waals surface area contributed by atoms with Crippen molar-refractivity contribution in [3.63, 3.8) is 0 Å². The van der Waals surface area contributed by atoms with Crippen LogP contribution in [0.2, 0.25) is 0 Å². The van der Waals surface area contributed by atoms with Crippen molar-refractivity contribution in [2.24, 2.45) is 11.7 Å². The standard InChI is InChI=1S/C13H18F2N2O/c1-8(7-16)13(18)17(3)9(2)12-10(14)5-4-6-11(12)15/h4-6,8-9H,7,16H2,1-3H3. The van der Waals surface area contributed by atoms with Crippen molar-refractivity contribution in [3.8, 4) is 0 Å². The first-order chi connectivity index (χ1) is 8.40. The molecule has 0 aliphatic heterocycles. The van der Waals surface area contributed by atoms with Crippen LogP contribution >= 0.6 is 0 Å². The van der Waals surface area contributed by atoms with E-state index in [1.807, 2.05) is 0 Å². The van der Waals surface area contributed by atoms with Crippen molar-refractivity contribution < 1.29 is 13.6 Å². The minimum Gasteiger partial charge on any atom is -0.339 e. The van der Waals surface area contributed by atoms with Crippen LogP contribution in [0.1, 0.15) is 25.5 Å². The number of amides is 1. The molecule has 5 heteroatoms. The monoisotopic (exact) mass is 256 g/mol. The van der Waals surface area contributed by atoms with Crippen LogP contribution in [0, 0.1) is 17.6 Å². The summed E-state index contributed by atoms with van der Waals surface area (Å²) >= 11 is 0.